The van der Waals surface area contributed by atoms with Gasteiger partial charge in [0, 0.05) is 37.4 Å². The molecular weight excluding hydrogens is 304 g/mol. The maximum absolute atomic E-state index is 12.6. The van der Waals surface area contributed by atoms with E-state index in [1.165, 1.54) is 0 Å². The Morgan fingerprint density at radius 2 is 1.83 bits per heavy atom. The number of nitrogens with one attached hydrogen (secondary N) is 1. The highest BCUT2D eigenvalue weighted by molar-refractivity contribution is 5.94. The van der Waals surface area contributed by atoms with Gasteiger partial charge in [-0.1, -0.05) is 12.1 Å². The lowest BCUT2D eigenvalue weighted by Gasteiger charge is -2.19. The smallest absolute Gasteiger partial charge is 0.252 e. The first-order valence-corrected chi connectivity index (χ1v) is 7.51. The summed E-state index contributed by atoms with van der Waals surface area (Å²) in [4.78, 5) is 20.9. The molecule has 0 aliphatic heterocycles. The number of hydrogen-bond donors (Lipinski definition) is 1. The lowest BCUT2D eigenvalue weighted by atomic mass is 10.1. The Morgan fingerprint density at radius 1 is 1.12 bits per heavy atom. The van der Waals surface area contributed by atoms with E-state index in [0.29, 0.717) is 5.56 Å². The van der Waals surface area contributed by atoms with Gasteiger partial charge in [-0.25, -0.2) is 4.98 Å². The summed E-state index contributed by atoms with van der Waals surface area (Å²) in [6.45, 7) is 0. The number of benzene rings is 1. The molecule has 0 fully saturated rings. The standard InChI is InChI=1S/C18H18N4O2/c1-22-12-11-20-17(22)16(13-3-5-15(24-2)6-4-13)21-18(23)14-7-9-19-10-8-14/h3-12,16H,1-2H3,(H,21,23). The molecule has 1 atom stereocenters. The minimum absolute atomic E-state index is 0.179. The van der Waals surface area contributed by atoms with Gasteiger partial charge < -0.3 is 14.6 Å². The Labute approximate surface area is 140 Å². The third-order valence-corrected chi connectivity index (χ3v) is 3.78. The number of imidazole rings is 1. The molecule has 6 nitrogen and oxygen atoms in total. The molecule has 0 saturated heterocycles. The van der Waals surface area contributed by atoms with Gasteiger partial charge in [0.1, 0.15) is 17.6 Å². The zero-order valence-corrected chi connectivity index (χ0v) is 13.5. The van der Waals surface area contributed by atoms with Crippen LogP contribution in [0.2, 0.25) is 0 Å². The van der Waals surface area contributed by atoms with E-state index in [9.17, 15) is 4.79 Å². The molecule has 0 bridgehead atoms. The number of nitrogens with zero attached hydrogens (tertiary/aromatic N) is 3. The van der Waals surface area contributed by atoms with Gasteiger partial charge in [-0.05, 0) is 29.8 Å². The van der Waals surface area contributed by atoms with Crippen molar-refractivity contribution >= 4 is 5.91 Å². The summed E-state index contributed by atoms with van der Waals surface area (Å²) in [6.07, 6.45) is 6.75. The SMILES string of the molecule is COc1ccc(C(NC(=O)c2ccncc2)c2nccn2C)cc1. The number of amides is 1. The lowest BCUT2D eigenvalue weighted by molar-refractivity contribution is 0.0941. The second-order valence-corrected chi connectivity index (χ2v) is 5.31. The Bertz CT molecular complexity index is 813. The number of carbonyl (C=O) groups is 1. The first kappa shape index (κ1) is 15.7. The Hall–Kier alpha value is -3.15. The van der Waals surface area contributed by atoms with Gasteiger partial charge in [0.05, 0.1) is 7.11 Å². The zero-order chi connectivity index (χ0) is 16.9. The van der Waals surface area contributed by atoms with E-state index in [1.807, 2.05) is 42.1 Å². The van der Waals surface area contributed by atoms with Crippen LogP contribution in [0.1, 0.15) is 27.8 Å². The molecule has 2 heterocycles. The first-order chi connectivity index (χ1) is 11.7. The van der Waals surface area contributed by atoms with Gasteiger partial charge in [-0.15, -0.1) is 0 Å². The van der Waals surface area contributed by atoms with Crippen LogP contribution in [-0.2, 0) is 7.05 Å². The minimum atomic E-state index is -0.364. The van der Waals surface area contributed by atoms with E-state index in [4.69, 9.17) is 4.74 Å². The molecule has 0 saturated carbocycles. The maximum Gasteiger partial charge on any atom is 0.252 e. The number of methoxy groups -OCH3 is 1. The lowest BCUT2D eigenvalue weighted by Crippen LogP contribution is -2.31. The zero-order valence-electron chi connectivity index (χ0n) is 13.5. The second kappa shape index (κ2) is 6.95. The molecule has 1 N–H and O–H groups in total. The summed E-state index contributed by atoms with van der Waals surface area (Å²) in [5, 5.41) is 3.04. The van der Waals surface area contributed by atoms with Crippen molar-refractivity contribution in [2.45, 2.75) is 6.04 Å². The van der Waals surface area contributed by atoms with Crippen molar-refractivity contribution in [2.24, 2.45) is 7.05 Å². The van der Waals surface area contributed by atoms with Crippen molar-refractivity contribution in [3.63, 3.8) is 0 Å². The van der Waals surface area contributed by atoms with Crippen LogP contribution >= 0.6 is 0 Å². The maximum atomic E-state index is 12.6. The monoisotopic (exact) mass is 322 g/mol. The van der Waals surface area contributed by atoms with E-state index >= 15 is 0 Å². The van der Waals surface area contributed by atoms with Crippen LogP contribution < -0.4 is 10.1 Å². The highest BCUT2D eigenvalue weighted by Crippen LogP contribution is 2.23. The van der Waals surface area contributed by atoms with Crippen LogP contribution in [0.3, 0.4) is 0 Å². The summed E-state index contributed by atoms with van der Waals surface area (Å²) in [7, 11) is 3.52. The van der Waals surface area contributed by atoms with Gasteiger partial charge >= 0.3 is 0 Å². The van der Waals surface area contributed by atoms with Crippen molar-refractivity contribution in [2.75, 3.05) is 7.11 Å². The minimum Gasteiger partial charge on any atom is -0.497 e. The highest BCUT2D eigenvalue weighted by Gasteiger charge is 2.21. The largest absolute Gasteiger partial charge is 0.497 e. The van der Waals surface area contributed by atoms with Gasteiger partial charge in [-0.2, -0.15) is 0 Å². The summed E-state index contributed by atoms with van der Waals surface area (Å²) < 4.78 is 7.09. The van der Waals surface area contributed by atoms with E-state index in [-0.39, 0.29) is 11.9 Å². The Kier molecular flexibility index (Phi) is 4.56. The molecule has 0 aliphatic rings. The van der Waals surface area contributed by atoms with Gasteiger partial charge in [0.15, 0.2) is 0 Å². The molecule has 1 unspecified atom stereocenters. The van der Waals surface area contributed by atoms with Gasteiger partial charge in [0.2, 0.25) is 0 Å². The molecule has 6 heteroatoms. The van der Waals surface area contributed by atoms with Crippen molar-refractivity contribution < 1.29 is 9.53 Å². The normalized spacial score (nSPS) is 11.8. The molecule has 3 aromatic rings. The van der Waals surface area contributed by atoms with E-state index < -0.39 is 0 Å². The summed E-state index contributed by atoms with van der Waals surface area (Å²) in [5.41, 5.74) is 1.48. The number of aryl methyl sites for hydroxylation is 1. The molecule has 0 radical (unpaired) electrons. The van der Waals surface area contributed by atoms with Crippen molar-refractivity contribution in [3.05, 3.63) is 78.1 Å². The quantitative estimate of drug-likeness (QED) is 0.783. The van der Waals surface area contributed by atoms with Crippen LogP contribution in [0.5, 0.6) is 5.75 Å². The number of rotatable bonds is 5. The molecule has 122 valence electrons. The number of carbonyl (C=O) groups excluding carboxylic acids is 1. The summed E-state index contributed by atoms with van der Waals surface area (Å²) >= 11 is 0. The molecule has 1 aromatic carbocycles. The van der Waals surface area contributed by atoms with E-state index in [2.05, 4.69) is 15.3 Å². The van der Waals surface area contributed by atoms with E-state index in [0.717, 1.165) is 17.1 Å². The predicted molar refractivity (Wildman–Crippen MR) is 89.7 cm³/mol. The van der Waals surface area contributed by atoms with Crippen LogP contribution in [0.15, 0.2) is 61.2 Å². The van der Waals surface area contributed by atoms with Crippen LogP contribution in [0.25, 0.3) is 0 Å². The van der Waals surface area contributed by atoms with Crippen LogP contribution in [-0.4, -0.2) is 27.6 Å². The van der Waals surface area contributed by atoms with Crippen molar-refractivity contribution in [3.8, 4) is 5.75 Å². The number of aromatic nitrogens is 3. The molecule has 2 aromatic heterocycles. The summed E-state index contributed by atoms with van der Waals surface area (Å²) in [5.74, 6) is 1.33. The molecule has 0 spiro atoms. The second-order valence-electron chi connectivity index (χ2n) is 5.31. The van der Waals surface area contributed by atoms with Gasteiger partial charge in [-0.3, -0.25) is 9.78 Å². The molecule has 24 heavy (non-hydrogen) atoms. The van der Waals surface area contributed by atoms with E-state index in [1.54, 1.807) is 37.8 Å². The molecule has 1 amide bonds. The average Bonchev–Trinajstić information content (AvgIpc) is 3.06. The third kappa shape index (κ3) is 3.27. The van der Waals surface area contributed by atoms with Crippen LogP contribution in [0.4, 0.5) is 0 Å². The fraction of sp³-hybridized carbons (Fsp3) is 0.167. The van der Waals surface area contributed by atoms with Crippen LogP contribution in [0, 0.1) is 0 Å². The number of hydrogen-bond acceptors (Lipinski definition) is 4. The van der Waals surface area contributed by atoms with Crippen molar-refractivity contribution in [1.82, 2.24) is 19.9 Å². The number of ether oxygens (including phenoxy) is 1. The Morgan fingerprint density at radius 3 is 2.42 bits per heavy atom. The predicted octanol–water partition coefficient (Wildman–Crippen LogP) is 2.34. The molecule has 3 rings (SSSR count). The molecule has 0 aliphatic carbocycles. The fourth-order valence-corrected chi connectivity index (χ4v) is 2.47. The van der Waals surface area contributed by atoms with Gasteiger partial charge in [0.25, 0.3) is 5.91 Å². The number of pyridine rings is 1. The molecular formula is C18H18N4O2. The first-order valence-electron chi connectivity index (χ1n) is 7.51. The summed E-state index contributed by atoms with van der Waals surface area (Å²) in [6, 6.07) is 10.6. The van der Waals surface area contributed by atoms with Crippen molar-refractivity contribution in [1.29, 1.82) is 0 Å². The average molecular weight is 322 g/mol. The fourth-order valence-electron chi connectivity index (χ4n) is 2.47. The third-order valence-electron chi connectivity index (χ3n) is 3.78. The topological polar surface area (TPSA) is 69.0 Å². The highest BCUT2D eigenvalue weighted by atomic mass is 16.5. The Balaban J connectivity index is 1.93.